The maximum Gasteiger partial charge on any atom is 0.313 e. The summed E-state index contributed by atoms with van der Waals surface area (Å²) in [6.45, 7) is 0. The van der Waals surface area contributed by atoms with Crippen molar-refractivity contribution >= 4 is 9.84 Å². The van der Waals surface area contributed by atoms with E-state index in [-0.39, 0.29) is 4.90 Å². The van der Waals surface area contributed by atoms with E-state index in [0.29, 0.717) is 0 Å². The number of halogens is 1. The second kappa shape index (κ2) is 3.93. The highest BCUT2D eigenvalue weighted by molar-refractivity contribution is 7.91. The molecule has 0 fully saturated rings. The summed E-state index contributed by atoms with van der Waals surface area (Å²) in [5.41, 5.74) is 0. The van der Waals surface area contributed by atoms with Crippen molar-refractivity contribution in [3.63, 3.8) is 0 Å². The Morgan fingerprint density at radius 3 is 2.44 bits per heavy atom. The average molecular weight is 238 g/mol. The average Bonchev–Trinajstić information content (AvgIpc) is 2.30. The van der Waals surface area contributed by atoms with E-state index in [9.17, 15) is 12.8 Å². The molecule has 1 radical (unpaired) electrons. The summed E-state index contributed by atoms with van der Waals surface area (Å²) in [4.78, 5) is 9.39. The lowest BCUT2D eigenvalue weighted by Crippen LogP contribution is -2.09. The molecule has 2 rings (SSSR count). The number of aromatic nitrogens is 3. The zero-order valence-corrected chi connectivity index (χ0v) is 8.65. The largest absolute Gasteiger partial charge is 0.313 e. The number of benzene rings is 1. The predicted molar refractivity (Wildman–Crippen MR) is 50.5 cm³/mol. The molecule has 0 saturated heterocycles. The first kappa shape index (κ1) is 10.6. The Hall–Kier alpha value is -1.89. The van der Waals surface area contributed by atoms with Crippen LogP contribution in [0.2, 0.25) is 0 Å². The lowest BCUT2D eigenvalue weighted by atomic mass is 10.4. The highest BCUT2D eigenvalue weighted by Crippen LogP contribution is 2.15. The monoisotopic (exact) mass is 238 g/mol. The van der Waals surface area contributed by atoms with Crippen LogP contribution in [0.25, 0.3) is 0 Å². The topological polar surface area (TPSA) is 72.8 Å². The number of sulfone groups is 1. The van der Waals surface area contributed by atoms with Crippen LogP contribution in [0.5, 0.6) is 0 Å². The smallest absolute Gasteiger partial charge is 0.215 e. The molecule has 7 heteroatoms. The van der Waals surface area contributed by atoms with Crippen molar-refractivity contribution in [2.24, 2.45) is 0 Å². The van der Waals surface area contributed by atoms with E-state index in [0.717, 1.165) is 0 Å². The SMILES string of the molecule is O=S(=O)(c1ccccc1)c1n[c]nc(F)n1. The van der Waals surface area contributed by atoms with Crippen LogP contribution in [-0.4, -0.2) is 23.4 Å². The van der Waals surface area contributed by atoms with Gasteiger partial charge in [0.05, 0.1) is 4.90 Å². The molecule has 1 heterocycles. The molecule has 0 atom stereocenters. The van der Waals surface area contributed by atoms with E-state index in [1.165, 1.54) is 12.1 Å². The third-order valence-corrected chi connectivity index (χ3v) is 3.33. The molecule has 0 unspecified atom stereocenters. The van der Waals surface area contributed by atoms with E-state index < -0.39 is 21.1 Å². The summed E-state index contributed by atoms with van der Waals surface area (Å²) in [6.07, 6.45) is 0.712. The Morgan fingerprint density at radius 2 is 1.81 bits per heavy atom. The van der Waals surface area contributed by atoms with Crippen LogP contribution in [0.3, 0.4) is 0 Å². The minimum absolute atomic E-state index is 0.00556. The normalized spacial score (nSPS) is 11.3. The summed E-state index contributed by atoms with van der Waals surface area (Å²) in [7, 11) is -3.89. The van der Waals surface area contributed by atoms with Gasteiger partial charge in [-0.1, -0.05) is 18.2 Å². The van der Waals surface area contributed by atoms with Gasteiger partial charge in [0.15, 0.2) is 0 Å². The van der Waals surface area contributed by atoms with Gasteiger partial charge in [-0.25, -0.2) is 8.42 Å². The molecular formula is C9H5FN3O2S. The Kier molecular flexibility index (Phi) is 2.61. The molecule has 0 bridgehead atoms. The van der Waals surface area contributed by atoms with E-state index in [2.05, 4.69) is 15.0 Å². The molecule has 0 aliphatic heterocycles. The second-order valence-electron chi connectivity index (χ2n) is 2.80. The van der Waals surface area contributed by atoms with Crippen LogP contribution in [0, 0.1) is 12.4 Å². The van der Waals surface area contributed by atoms with Crippen LogP contribution in [0.15, 0.2) is 40.4 Å². The maximum atomic E-state index is 12.7. The van der Waals surface area contributed by atoms with Crippen LogP contribution in [-0.2, 0) is 9.84 Å². The molecule has 0 amide bonds. The van der Waals surface area contributed by atoms with Crippen LogP contribution >= 0.6 is 0 Å². The van der Waals surface area contributed by atoms with E-state index in [1.807, 2.05) is 6.33 Å². The van der Waals surface area contributed by atoms with Crippen molar-refractivity contribution < 1.29 is 12.8 Å². The zero-order chi connectivity index (χ0) is 11.6. The summed E-state index contributed by atoms with van der Waals surface area (Å²) < 4.78 is 36.3. The van der Waals surface area contributed by atoms with Gasteiger partial charge in [0.25, 0.3) is 5.16 Å². The fourth-order valence-corrected chi connectivity index (χ4v) is 2.15. The lowest BCUT2D eigenvalue weighted by molar-refractivity contribution is 0.503. The fourth-order valence-electron chi connectivity index (χ4n) is 1.06. The van der Waals surface area contributed by atoms with Crippen LogP contribution < -0.4 is 0 Å². The van der Waals surface area contributed by atoms with Gasteiger partial charge in [0, 0.05) is 0 Å². The molecule has 1 aromatic heterocycles. The van der Waals surface area contributed by atoms with Crippen molar-refractivity contribution in [3.05, 3.63) is 42.7 Å². The Morgan fingerprint density at radius 1 is 1.12 bits per heavy atom. The first-order valence-electron chi connectivity index (χ1n) is 4.18. The van der Waals surface area contributed by atoms with Crippen molar-refractivity contribution in [2.45, 2.75) is 10.1 Å². The van der Waals surface area contributed by atoms with Gasteiger partial charge in [0.2, 0.25) is 16.2 Å². The van der Waals surface area contributed by atoms with Gasteiger partial charge in [-0.15, -0.1) is 0 Å². The molecule has 1 aromatic carbocycles. The Balaban J connectivity index is 2.56. The number of rotatable bonds is 2. The number of hydrogen-bond acceptors (Lipinski definition) is 5. The van der Waals surface area contributed by atoms with Crippen molar-refractivity contribution in [1.82, 2.24) is 15.0 Å². The number of hydrogen-bond donors (Lipinski definition) is 0. The van der Waals surface area contributed by atoms with Crippen LogP contribution in [0.1, 0.15) is 0 Å². The Bertz CT molecular complexity index is 601. The second-order valence-corrected chi connectivity index (χ2v) is 4.65. The highest BCUT2D eigenvalue weighted by atomic mass is 32.2. The van der Waals surface area contributed by atoms with Gasteiger partial charge in [0.1, 0.15) is 0 Å². The quantitative estimate of drug-likeness (QED) is 0.767. The van der Waals surface area contributed by atoms with Crippen LogP contribution in [0.4, 0.5) is 4.39 Å². The van der Waals surface area contributed by atoms with E-state index in [1.54, 1.807) is 18.2 Å². The Labute approximate surface area is 90.9 Å². The van der Waals surface area contributed by atoms with Gasteiger partial charge in [-0.3, -0.25) is 0 Å². The molecular weight excluding hydrogens is 233 g/mol. The van der Waals surface area contributed by atoms with Gasteiger partial charge in [-0.2, -0.15) is 19.3 Å². The van der Waals surface area contributed by atoms with Crippen molar-refractivity contribution in [1.29, 1.82) is 0 Å². The molecule has 0 N–H and O–H groups in total. The summed E-state index contributed by atoms with van der Waals surface area (Å²) in [6, 6.07) is 7.51. The standard InChI is InChI=1S/C9H5FN3O2S/c10-8-11-6-12-9(13-8)16(14,15)7-4-2-1-3-5-7/h1-5H. The molecule has 0 spiro atoms. The predicted octanol–water partition coefficient (Wildman–Crippen LogP) is 0.644. The van der Waals surface area contributed by atoms with E-state index in [4.69, 9.17) is 0 Å². The van der Waals surface area contributed by atoms with Gasteiger partial charge in [-0.05, 0) is 12.1 Å². The molecule has 0 aliphatic carbocycles. The van der Waals surface area contributed by atoms with Gasteiger partial charge < -0.3 is 0 Å². The third kappa shape index (κ3) is 1.89. The zero-order valence-electron chi connectivity index (χ0n) is 7.83. The van der Waals surface area contributed by atoms with Crippen molar-refractivity contribution in [3.8, 4) is 0 Å². The fraction of sp³-hybridized carbons (Fsp3) is 0. The molecule has 0 saturated carbocycles. The lowest BCUT2D eigenvalue weighted by Gasteiger charge is -2.00. The third-order valence-electron chi connectivity index (χ3n) is 1.77. The summed E-state index contributed by atoms with van der Waals surface area (Å²) in [5.74, 6) is 0. The number of nitrogens with zero attached hydrogens (tertiary/aromatic N) is 3. The summed E-state index contributed by atoms with van der Waals surface area (Å²) >= 11 is 0. The first-order valence-corrected chi connectivity index (χ1v) is 5.67. The minimum atomic E-state index is -3.89. The highest BCUT2D eigenvalue weighted by Gasteiger charge is 2.21. The van der Waals surface area contributed by atoms with Crippen molar-refractivity contribution in [2.75, 3.05) is 0 Å². The minimum Gasteiger partial charge on any atom is -0.215 e. The van der Waals surface area contributed by atoms with Gasteiger partial charge >= 0.3 is 6.08 Å². The molecule has 0 aliphatic rings. The molecule has 5 nitrogen and oxygen atoms in total. The summed E-state index contributed by atoms with van der Waals surface area (Å²) in [5, 5.41) is -0.647. The molecule has 81 valence electrons. The first-order chi connectivity index (χ1) is 7.60. The molecule has 2 aromatic rings. The van der Waals surface area contributed by atoms with E-state index >= 15 is 0 Å². The molecule has 16 heavy (non-hydrogen) atoms. The maximum absolute atomic E-state index is 12.7.